The van der Waals surface area contributed by atoms with Crippen molar-refractivity contribution in [2.75, 3.05) is 0 Å². The highest BCUT2D eigenvalue weighted by molar-refractivity contribution is 5.84. The Kier molecular flexibility index (Phi) is 6.26. The van der Waals surface area contributed by atoms with E-state index in [0.29, 0.717) is 12.3 Å². The van der Waals surface area contributed by atoms with Crippen molar-refractivity contribution in [3.05, 3.63) is 69.8 Å². The second-order valence-corrected chi connectivity index (χ2v) is 7.22. The van der Waals surface area contributed by atoms with Crippen LogP contribution in [-0.2, 0) is 17.9 Å². The van der Waals surface area contributed by atoms with E-state index >= 15 is 0 Å². The Bertz CT molecular complexity index is 830. The first-order chi connectivity index (χ1) is 13.5. The molecule has 2 aromatic rings. The number of nitrogens with two attached hydrogens (primary N) is 1. The fourth-order valence-electron chi connectivity index (χ4n) is 3.57. The predicted octanol–water partition coefficient (Wildman–Crippen LogP) is 3.45. The number of hydrogen-bond acceptors (Lipinski definition) is 5. The number of non-ortho nitro benzene ring substituents is 1. The van der Waals surface area contributed by atoms with Crippen molar-refractivity contribution < 1.29 is 14.5 Å². The zero-order valence-electron chi connectivity index (χ0n) is 15.7. The Labute approximate surface area is 164 Å². The first-order valence-corrected chi connectivity index (χ1v) is 9.48. The highest BCUT2D eigenvalue weighted by Gasteiger charge is 2.37. The molecule has 7 nitrogen and oxygen atoms in total. The summed E-state index contributed by atoms with van der Waals surface area (Å²) in [6.07, 6.45) is 4.74. The van der Waals surface area contributed by atoms with Gasteiger partial charge in [0.15, 0.2) is 0 Å². The summed E-state index contributed by atoms with van der Waals surface area (Å²) in [4.78, 5) is 22.4. The summed E-state index contributed by atoms with van der Waals surface area (Å²) in [7, 11) is 0. The number of amides is 1. The molecule has 1 saturated carbocycles. The van der Waals surface area contributed by atoms with Crippen molar-refractivity contribution in [2.45, 2.75) is 50.8 Å². The van der Waals surface area contributed by atoms with E-state index in [1.54, 1.807) is 12.1 Å². The predicted molar refractivity (Wildman–Crippen MR) is 106 cm³/mol. The lowest BCUT2D eigenvalue weighted by atomic mass is 9.81. The van der Waals surface area contributed by atoms with E-state index in [4.69, 9.17) is 10.5 Å². The molecular formula is C21H25N3O4. The van der Waals surface area contributed by atoms with Crippen molar-refractivity contribution in [1.82, 2.24) is 5.32 Å². The molecular weight excluding hydrogens is 358 g/mol. The van der Waals surface area contributed by atoms with Crippen LogP contribution in [0.3, 0.4) is 0 Å². The quantitative estimate of drug-likeness (QED) is 0.536. The van der Waals surface area contributed by atoms with E-state index in [0.717, 1.165) is 43.2 Å². The third kappa shape index (κ3) is 4.86. The Morgan fingerprint density at radius 3 is 2.46 bits per heavy atom. The summed E-state index contributed by atoms with van der Waals surface area (Å²) < 4.78 is 5.72. The summed E-state index contributed by atoms with van der Waals surface area (Å²) in [5.41, 5.74) is 6.87. The van der Waals surface area contributed by atoms with Crippen LogP contribution in [0.1, 0.15) is 43.2 Å². The van der Waals surface area contributed by atoms with Crippen LogP contribution >= 0.6 is 0 Å². The number of nitro groups is 1. The molecule has 0 aliphatic heterocycles. The van der Waals surface area contributed by atoms with Crippen molar-refractivity contribution in [2.24, 2.45) is 5.73 Å². The van der Waals surface area contributed by atoms with Crippen molar-refractivity contribution in [1.29, 1.82) is 0 Å². The molecule has 0 spiro atoms. The van der Waals surface area contributed by atoms with Gasteiger partial charge in [-0.2, -0.15) is 0 Å². The number of nitro benzene ring substituents is 1. The minimum atomic E-state index is -0.602. The normalized spacial score (nSPS) is 15.7. The van der Waals surface area contributed by atoms with E-state index < -0.39 is 10.5 Å². The summed E-state index contributed by atoms with van der Waals surface area (Å²) in [5.74, 6) is 0.404. The molecule has 0 atom stereocenters. The van der Waals surface area contributed by atoms with Gasteiger partial charge in [-0.15, -0.1) is 0 Å². The van der Waals surface area contributed by atoms with Crippen LogP contribution in [0.2, 0.25) is 0 Å². The van der Waals surface area contributed by atoms with Gasteiger partial charge in [-0.3, -0.25) is 20.2 Å². The maximum atomic E-state index is 11.9. The van der Waals surface area contributed by atoms with E-state index in [9.17, 15) is 14.9 Å². The lowest BCUT2D eigenvalue weighted by molar-refractivity contribution is -0.384. The van der Waals surface area contributed by atoms with E-state index in [-0.39, 0.29) is 18.2 Å². The molecule has 28 heavy (non-hydrogen) atoms. The van der Waals surface area contributed by atoms with Gasteiger partial charge in [-0.25, -0.2) is 0 Å². The molecule has 0 heterocycles. The van der Waals surface area contributed by atoms with E-state index in [1.165, 1.54) is 12.1 Å². The standard InChI is InChI=1S/C21H25N3O4/c22-20(25)21(11-2-1-3-12-21)23-14-16-7-9-19(10-8-16)28-15-17-5-4-6-18(13-17)24(26)27/h4-10,13,23H,1-3,11-12,14-15H2,(H2,22,25). The second kappa shape index (κ2) is 8.84. The minimum absolute atomic E-state index is 0.0496. The first-order valence-electron chi connectivity index (χ1n) is 9.48. The van der Waals surface area contributed by atoms with Crippen molar-refractivity contribution in [3.63, 3.8) is 0 Å². The number of primary amides is 1. The van der Waals surface area contributed by atoms with Gasteiger partial charge in [-0.1, -0.05) is 43.5 Å². The average Bonchev–Trinajstić information content (AvgIpc) is 2.72. The van der Waals surface area contributed by atoms with E-state index in [1.807, 2.05) is 24.3 Å². The number of carbonyl (C=O) groups is 1. The summed E-state index contributed by atoms with van der Waals surface area (Å²) in [6.45, 7) is 0.818. The Hall–Kier alpha value is -2.93. The first kappa shape index (κ1) is 19.8. The zero-order chi connectivity index (χ0) is 20.0. The SMILES string of the molecule is NC(=O)C1(NCc2ccc(OCc3cccc([N+](=O)[O-])c3)cc2)CCCCC1. The Morgan fingerprint density at radius 2 is 1.82 bits per heavy atom. The average molecular weight is 383 g/mol. The third-order valence-corrected chi connectivity index (χ3v) is 5.26. The molecule has 2 aromatic carbocycles. The summed E-state index contributed by atoms with van der Waals surface area (Å²) >= 11 is 0. The molecule has 1 aliphatic carbocycles. The largest absolute Gasteiger partial charge is 0.489 e. The van der Waals surface area contributed by atoms with Crippen LogP contribution < -0.4 is 15.8 Å². The number of rotatable bonds is 8. The van der Waals surface area contributed by atoms with Gasteiger partial charge in [0.25, 0.3) is 5.69 Å². The smallest absolute Gasteiger partial charge is 0.269 e. The molecule has 7 heteroatoms. The topological polar surface area (TPSA) is 107 Å². The van der Waals surface area contributed by atoms with Gasteiger partial charge < -0.3 is 10.5 Å². The maximum Gasteiger partial charge on any atom is 0.269 e. The number of ether oxygens (including phenoxy) is 1. The van der Waals surface area contributed by atoms with Gasteiger partial charge >= 0.3 is 0 Å². The second-order valence-electron chi connectivity index (χ2n) is 7.22. The van der Waals surface area contributed by atoms with Crippen LogP contribution in [0.15, 0.2) is 48.5 Å². The number of nitrogens with zero attached hydrogens (tertiary/aromatic N) is 1. The fraction of sp³-hybridized carbons (Fsp3) is 0.381. The van der Waals surface area contributed by atoms with Gasteiger partial charge in [-0.05, 0) is 36.1 Å². The molecule has 0 radical (unpaired) electrons. The van der Waals surface area contributed by atoms with Gasteiger partial charge in [0.05, 0.1) is 10.5 Å². The van der Waals surface area contributed by atoms with Gasteiger partial charge in [0.2, 0.25) is 5.91 Å². The molecule has 148 valence electrons. The van der Waals surface area contributed by atoms with Gasteiger partial charge in [0.1, 0.15) is 12.4 Å². The van der Waals surface area contributed by atoms with Crippen LogP contribution in [-0.4, -0.2) is 16.4 Å². The molecule has 1 amide bonds. The lowest BCUT2D eigenvalue weighted by Crippen LogP contribution is -2.56. The lowest BCUT2D eigenvalue weighted by Gasteiger charge is -2.35. The molecule has 0 unspecified atom stereocenters. The molecule has 3 rings (SSSR count). The highest BCUT2D eigenvalue weighted by Crippen LogP contribution is 2.28. The van der Waals surface area contributed by atoms with E-state index in [2.05, 4.69) is 5.32 Å². The van der Waals surface area contributed by atoms with Crippen LogP contribution in [0.4, 0.5) is 5.69 Å². The Balaban J connectivity index is 1.55. The minimum Gasteiger partial charge on any atom is -0.489 e. The molecule has 0 saturated heterocycles. The van der Waals surface area contributed by atoms with Crippen LogP contribution in [0.25, 0.3) is 0 Å². The number of hydrogen-bond donors (Lipinski definition) is 2. The number of nitrogens with one attached hydrogen (secondary N) is 1. The monoisotopic (exact) mass is 383 g/mol. The fourth-order valence-corrected chi connectivity index (χ4v) is 3.57. The van der Waals surface area contributed by atoms with Crippen molar-refractivity contribution >= 4 is 11.6 Å². The number of benzene rings is 2. The third-order valence-electron chi connectivity index (χ3n) is 5.26. The van der Waals surface area contributed by atoms with Gasteiger partial charge in [0, 0.05) is 18.7 Å². The molecule has 1 aliphatic rings. The summed E-state index contributed by atoms with van der Waals surface area (Å²) in [5, 5.41) is 14.2. The summed E-state index contributed by atoms with van der Waals surface area (Å²) in [6, 6.07) is 14.0. The molecule has 0 bridgehead atoms. The Morgan fingerprint density at radius 1 is 1.11 bits per heavy atom. The molecule has 3 N–H and O–H groups in total. The highest BCUT2D eigenvalue weighted by atomic mass is 16.6. The van der Waals surface area contributed by atoms with Crippen molar-refractivity contribution in [3.8, 4) is 5.75 Å². The van der Waals surface area contributed by atoms with Crippen LogP contribution in [0, 0.1) is 10.1 Å². The van der Waals surface area contributed by atoms with Crippen LogP contribution in [0.5, 0.6) is 5.75 Å². The molecule has 0 aromatic heterocycles. The zero-order valence-corrected chi connectivity index (χ0v) is 15.7. The maximum absolute atomic E-state index is 11.9. The number of carbonyl (C=O) groups excluding carboxylic acids is 1. The molecule has 1 fully saturated rings.